The van der Waals surface area contributed by atoms with Crippen LogP contribution >= 0.6 is 0 Å². The first-order chi connectivity index (χ1) is 14.6. The van der Waals surface area contributed by atoms with Crippen LogP contribution in [0.25, 0.3) is 10.8 Å². The van der Waals surface area contributed by atoms with Crippen molar-refractivity contribution in [3.05, 3.63) is 78.4 Å². The third kappa shape index (κ3) is 3.98. The molecular weight excluding hydrogens is 376 g/mol. The molecule has 2 aromatic carbocycles. The molecule has 2 heterocycles. The number of rotatable bonds is 11. The summed E-state index contributed by atoms with van der Waals surface area (Å²) in [5.41, 5.74) is 4.38. The lowest BCUT2D eigenvalue weighted by Gasteiger charge is -2.18. The summed E-state index contributed by atoms with van der Waals surface area (Å²) in [4.78, 5) is 11.1. The lowest BCUT2D eigenvalue weighted by atomic mass is 9.84. The Labute approximate surface area is 177 Å². The number of hydrogen-bond acceptors (Lipinski definition) is 4. The Morgan fingerprint density at radius 1 is 1.00 bits per heavy atom. The molecular formula is C26H28O4. The predicted octanol–water partition coefficient (Wildman–Crippen LogP) is 5.79. The minimum Gasteiger partial charge on any atom is -0.493 e. The van der Waals surface area contributed by atoms with Gasteiger partial charge in [0.1, 0.15) is 24.6 Å². The van der Waals surface area contributed by atoms with E-state index in [1.807, 2.05) is 12.1 Å². The second-order valence-corrected chi connectivity index (χ2v) is 7.89. The van der Waals surface area contributed by atoms with Crippen LogP contribution in [0.4, 0.5) is 0 Å². The standard InChI is InChI=1S/C26H28O4/c1-4-20(27)16-28-12-7-5-6-8-13-29-24-11-9-10-19-14-22-23(15-21(19)24)26-18(3)17(2)25(22)30-26/h4,9-11,14-15,25-26H,1-3,5-8,12-13,16H2/t25-,26+/m0/s1. The van der Waals surface area contributed by atoms with Crippen LogP contribution < -0.4 is 4.74 Å². The van der Waals surface area contributed by atoms with E-state index >= 15 is 0 Å². The summed E-state index contributed by atoms with van der Waals surface area (Å²) in [5.74, 6) is 0.839. The van der Waals surface area contributed by atoms with Gasteiger partial charge >= 0.3 is 0 Å². The van der Waals surface area contributed by atoms with Crippen molar-refractivity contribution in [3.8, 4) is 5.75 Å². The average molecular weight is 405 g/mol. The molecule has 30 heavy (non-hydrogen) atoms. The molecule has 2 atom stereocenters. The van der Waals surface area contributed by atoms with Crippen LogP contribution in [0.1, 0.15) is 49.0 Å². The monoisotopic (exact) mass is 404 g/mol. The molecule has 4 heteroatoms. The topological polar surface area (TPSA) is 44.8 Å². The maximum Gasteiger partial charge on any atom is 0.180 e. The van der Waals surface area contributed by atoms with Gasteiger partial charge in [0.15, 0.2) is 5.78 Å². The van der Waals surface area contributed by atoms with E-state index in [1.54, 1.807) is 0 Å². The molecule has 2 aromatic rings. The molecule has 0 spiro atoms. The van der Waals surface area contributed by atoms with Crippen molar-refractivity contribution in [2.24, 2.45) is 0 Å². The van der Waals surface area contributed by atoms with Crippen molar-refractivity contribution < 1.29 is 19.0 Å². The highest BCUT2D eigenvalue weighted by molar-refractivity contribution is 5.91. The number of benzene rings is 2. The fourth-order valence-corrected chi connectivity index (χ4v) is 4.14. The van der Waals surface area contributed by atoms with Crippen LogP contribution in [0.15, 0.2) is 67.3 Å². The summed E-state index contributed by atoms with van der Waals surface area (Å²) < 4.78 is 17.5. The normalized spacial score (nSPS) is 19.3. The number of hydrogen-bond donors (Lipinski definition) is 0. The molecule has 2 aliphatic heterocycles. The summed E-state index contributed by atoms with van der Waals surface area (Å²) >= 11 is 0. The van der Waals surface area contributed by atoms with E-state index in [-0.39, 0.29) is 24.6 Å². The number of ketones is 1. The number of carbonyl (C=O) groups is 1. The largest absolute Gasteiger partial charge is 0.493 e. The number of ether oxygens (including phenoxy) is 3. The molecule has 2 bridgehead atoms. The van der Waals surface area contributed by atoms with Crippen molar-refractivity contribution in [3.63, 3.8) is 0 Å². The van der Waals surface area contributed by atoms with Crippen molar-refractivity contribution in [1.29, 1.82) is 0 Å². The van der Waals surface area contributed by atoms with Crippen LogP contribution in [0.5, 0.6) is 5.75 Å². The van der Waals surface area contributed by atoms with Crippen LogP contribution in [-0.4, -0.2) is 25.6 Å². The highest BCUT2D eigenvalue weighted by Crippen LogP contribution is 2.56. The zero-order valence-corrected chi connectivity index (χ0v) is 17.3. The summed E-state index contributed by atoms with van der Waals surface area (Å²) in [6, 6.07) is 10.6. The first-order valence-corrected chi connectivity index (χ1v) is 10.6. The van der Waals surface area contributed by atoms with Crippen LogP contribution in [0.3, 0.4) is 0 Å². The van der Waals surface area contributed by atoms with Gasteiger partial charge in [-0.2, -0.15) is 0 Å². The van der Waals surface area contributed by atoms with E-state index in [4.69, 9.17) is 14.2 Å². The molecule has 0 saturated carbocycles. The van der Waals surface area contributed by atoms with Crippen LogP contribution in [-0.2, 0) is 14.3 Å². The van der Waals surface area contributed by atoms with Gasteiger partial charge in [0.05, 0.1) is 6.61 Å². The fourth-order valence-electron chi connectivity index (χ4n) is 4.14. The molecule has 0 amide bonds. The molecule has 4 rings (SSSR count). The lowest BCUT2D eigenvalue weighted by Crippen LogP contribution is -2.06. The van der Waals surface area contributed by atoms with Gasteiger partial charge in [-0.3, -0.25) is 4.79 Å². The third-order valence-electron chi connectivity index (χ3n) is 5.84. The second kappa shape index (κ2) is 8.99. The summed E-state index contributed by atoms with van der Waals surface area (Å²) in [7, 11) is 0. The van der Waals surface area contributed by atoms with Gasteiger partial charge in [-0.1, -0.05) is 38.3 Å². The van der Waals surface area contributed by atoms with Crippen LogP contribution in [0, 0.1) is 0 Å². The maximum atomic E-state index is 11.1. The van der Waals surface area contributed by atoms with Gasteiger partial charge in [0, 0.05) is 12.0 Å². The minimum atomic E-state index is -0.0715. The number of unbranched alkanes of at least 4 members (excludes halogenated alkanes) is 3. The van der Waals surface area contributed by atoms with E-state index in [0.717, 1.165) is 53.4 Å². The molecule has 0 radical (unpaired) electrons. The Balaban J connectivity index is 1.29. The lowest BCUT2D eigenvalue weighted by molar-refractivity contribution is -0.118. The molecule has 0 aromatic heterocycles. The van der Waals surface area contributed by atoms with Gasteiger partial charge in [0.25, 0.3) is 0 Å². The van der Waals surface area contributed by atoms with Crippen molar-refractivity contribution in [2.75, 3.05) is 19.8 Å². The number of carbonyl (C=O) groups excluding carboxylic acids is 1. The molecule has 0 aliphatic carbocycles. The molecule has 1 saturated heterocycles. The van der Waals surface area contributed by atoms with Gasteiger partial charge in [-0.25, -0.2) is 0 Å². The van der Waals surface area contributed by atoms with E-state index in [1.165, 1.54) is 17.2 Å². The summed E-state index contributed by atoms with van der Waals surface area (Å²) in [6.45, 7) is 13.1. The Morgan fingerprint density at radius 3 is 2.43 bits per heavy atom. The summed E-state index contributed by atoms with van der Waals surface area (Å²) in [6.07, 6.45) is 5.23. The van der Waals surface area contributed by atoms with E-state index in [0.29, 0.717) is 13.2 Å². The Morgan fingerprint density at radius 2 is 1.70 bits per heavy atom. The second-order valence-electron chi connectivity index (χ2n) is 7.89. The van der Waals surface area contributed by atoms with Gasteiger partial charge in [0.2, 0.25) is 0 Å². The molecule has 0 unspecified atom stereocenters. The SMILES string of the molecule is C=CC(=O)COCCCCCCOc1cccc2cc3c(cc12)[C@@H]1O[C@H]3C(=C)C1=C. The first kappa shape index (κ1) is 20.6. The third-order valence-corrected chi connectivity index (χ3v) is 5.84. The first-order valence-electron chi connectivity index (χ1n) is 10.6. The maximum absolute atomic E-state index is 11.1. The van der Waals surface area contributed by atoms with E-state index in [9.17, 15) is 4.79 Å². The Bertz CT molecular complexity index is 1000. The fraction of sp³-hybridized carbons (Fsp3) is 0.346. The summed E-state index contributed by atoms with van der Waals surface area (Å²) in [5, 5.41) is 2.28. The quantitative estimate of drug-likeness (QED) is 0.351. The van der Waals surface area contributed by atoms with Crippen molar-refractivity contribution >= 4 is 16.6 Å². The van der Waals surface area contributed by atoms with E-state index in [2.05, 4.69) is 37.9 Å². The zero-order valence-electron chi connectivity index (χ0n) is 17.3. The smallest absolute Gasteiger partial charge is 0.180 e. The molecule has 4 nitrogen and oxygen atoms in total. The van der Waals surface area contributed by atoms with Crippen molar-refractivity contribution in [1.82, 2.24) is 0 Å². The molecule has 2 aliphatic rings. The van der Waals surface area contributed by atoms with Crippen LogP contribution in [0.2, 0.25) is 0 Å². The average Bonchev–Trinajstić information content (AvgIpc) is 3.27. The van der Waals surface area contributed by atoms with Gasteiger partial charge in [-0.15, -0.1) is 0 Å². The molecule has 0 N–H and O–H groups in total. The molecule has 156 valence electrons. The zero-order chi connectivity index (χ0) is 21.1. The highest BCUT2D eigenvalue weighted by atomic mass is 16.5. The van der Waals surface area contributed by atoms with Gasteiger partial charge < -0.3 is 14.2 Å². The predicted molar refractivity (Wildman–Crippen MR) is 119 cm³/mol. The number of fused-ring (bicyclic) bond motifs is 6. The van der Waals surface area contributed by atoms with Gasteiger partial charge in [-0.05, 0) is 71.2 Å². The molecule has 1 fully saturated rings. The van der Waals surface area contributed by atoms with Crippen molar-refractivity contribution in [2.45, 2.75) is 37.9 Å². The minimum absolute atomic E-state index is 0.0506. The highest BCUT2D eigenvalue weighted by Gasteiger charge is 2.43. The Kier molecular flexibility index (Phi) is 6.16. The van der Waals surface area contributed by atoms with E-state index < -0.39 is 0 Å². The Hall–Kier alpha value is -2.69.